The lowest BCUT2D eigenvalue weighted by Gasteiger charge is -2.19. The predicted octanol–water partition coefficient (Wildman–Crippen LogP) is -0.0983. The summed E-state index contributed by atoms with van der Waals surface area (Å²) in [6.07, 6.45) is 0. The lowest BCUT2D eigenvalue weighted by molar-refractivity contribution is -0.142. The van der Waals surface area contributed by atoms with Gasteiger partial charge in [0.05, 0.1) is 0 Å². The van der Waals surface area contributed by atoms with Crippen molar-refractivity contribution in [3.05, 3.63) is 5.82 Å². The second-order valence-electron chi connectivity index (χ2n) is 4.07. The molecule has 2 amide bonds. The Morgan fingerprint density at radius 1 is 1.25 bits per heavy atom. The molecule has 7 heteroatoms. The highest BCUT2D eigenvalue weighted by molar-refractivity contribution is 6.05. The summed E-state index contributed by atoms with van der Waals surface area (Å²) >= 11 is 0. The number of nitrogens with one attached hydrogen (secondary N) is 1. The van der Waals surface area contributed by atoms with Gasteiger partial charge in [0.15, 0.2) is 5.82 Å². The Labute approximate surface area is 92.2 Å². The van der Waals surface area contributed by atoms with Crippen LogP contribution in [0.15, 0.2) is 0 Å². The zero-order chi connectivity index (χ0) is 11.9. The van der Waals surface area contributed by atoms with Gasteiger partial charge in [0, 0.05) is 11.8 Å². The molecule has 0 saturated carbocycles. The molecule has 0 aromatic carbocycles. The van der Waals surface area contributed by atoms with Crippen molar-refractivity contribution in [3.8, 4) is 0 Å². The highest BCUT2D eigenvalue weighted by Crippen LogP contribution is 2.31. The van der Waals surface area contributed by atoms with Gasteiger partial charge in [0.2, 0.25) is 11.8 Å². The van der Waals surface area contributed by atoms with Crippen molar-refractivity contribution in [2.75, 3.05) is 0 Å². The standard InChI is InChI=1S/C9H13N5O2/c1-4-5(2)9(16)14(8(4)15)6(3)7-10-12-13-11-7/h4-6H,1-3H3,(H,10,11,12,13). The minimum Gasteiger partial charge on any atom is -0.274 e. The number of hydrogen-bond donors (Lipinski definition) is 1. The summed E-state index contributed by atoms with van der Waals surface area (Å²) in [7, 11) is 0. The first-order valence-electron chi connectivity index (χ1n) is 5.14. The molecule has 1 N–H and O–H groups in total. The van der Waals surface area contributed by atoms with Gasteiger partial charge in [-0.1, -0.05) is 19.1 Å². The summed E-state index contributed by atoms with van der Waals surface area (Å²) < 4.78 is 0. The quantitative estimate of drug-likeness (QED) is 0.707. The van der Waals surface area contributed by atoms with Crippen molar-refractivity contribution in [1.82, 2.24) is 25.5 Å². The first kappa shape index (κ1) is 10.7. The molecule has 0 spiro atoms. The van der Waals surface area contributed by atoms with Crippen LogP contribution in [0.2, 0.25) is 0 Å². The van der Waals surface area contributed by atoms with Crippen molar-refractivity contribution in [1.29, 1.82) is 0 Å². The number of hydrogen-bond acceptors (Lipinski definition) is 5. The largest absolute Gasteiger partial charge is 0.274 e. The van der Waals surface area contributed by atoms with Crippen LogP contribution in [0.4, 0.5) is 0 Å². The molecule has 2 heterocycles. The Bertz CT molecular complexity index is 396. The predicted molar refractivity (Wildman–Crippen MR) is 52.8 cm³/mol. The fourth-order valence-electron chi connectivity index (χ4n) is 1.82. The average Bonchev–Trinajstić information content (AvgIpc) is 2.84. The lowest BCUT2D eigenvalue weighted by atomic mass is 10.00. The van der Waals surface area contributed by atoms with E-state index < -0.39 is 6.04 Å². The number of likely N-dealkylation sites (tertiary alicyclic amines) is 1. The fourth-order valence-corrected chi connectivity index (χ4v) is 1.82. The molecule has 1 saturated heterocycles. The van der Waals surface area contributed by atoms with Crippen LogP contribution < -0.4 is 0 Å². The maximum Gasteiger partial charge on any atom is 0.233 e. The van der Waals surface area contributed by atoms with E-state index in [1.54, 1.807) is 20.8 Å². The highest BCUT2D eigenvalue weighted by atomic mass is 16.2. The number of rotatable bonds is 2. The van der Waals surface area contributed by atoms with Crippen molar-refractivity contribution >= 4 is 11.8 Å². The van der Waals surface area contributed by atoms with E-state index in [0.29, 0.717) is 5.82 Å². The third-order valence-electron chi connectivity index (χ3n) is 3.13. The van der Waals surface area contributed by atoms with Gasteiger partial charge >= 0.3 is 0 Å². The van der Waals surface area contributed by atoms with Gasteiger partial charge in [0.1, 0.15) is 6.04 Å². The van der Waals surface area contributed by atoms with Crippen molar-refractivity contribution in [3.63, 3.8) is 0 Å². The van der Waals surface area contributed by atoms with E-state index in [1.807, 2.05) is 0 Å². The Hall–Kier alpha value is -1.79. The topological polar surface area (TPSA) is 91.8 Å². The molecule has 1 fully saturated rings. The van der Waals surface area contributed by atoms with Crippen LogP contribution >= 0.6 is 0 Å². The van der Waals surface area contributed by atoms with Crippen molar-refractivity contribution in [2.45, 2.75) is 26.8 Å². The molecule has 7 nitrogen and oxygen atoms in total. The minimum absolute atomic E-state index is 0.171. The lowest BCUT2D eigenvalue weighted by Crippen LogP contribution is -2.34. The Morgan fingerprint density at radius 2 is 1.81 bits per heavy atom. The first-order chi connectivity index (χ1) is 7.54. The van der Waals surface area contributed by atoms with Crippen LogP contribution in [0, 0.1) is 11.8 Å². The molecule has 0 aliphatic carbocycles. The number of imide groups is 1. The molecule has 1 aliphatic heterocycles. The Morgan fingerprint density at radius 3 is 2.25 bits per heavy atom. The van der Waals surface area contributed by atoms with Gasteiger partial charge in [-0.15, -0.1) is 10.2 Å². The second kappa shape index (κ2) is 3.66. The smallest absolute Gasteiger partial charge is 0.233 e. The maximum absolute atomic E-state index is 11.9. The summed E-state index contributed by atoms with van der Waals surface area (Å²) in [6, 6.07) is -0.467. The van der Waals surface area contributed by atoms with Crippen LogP contribution in [0.3, 0.4) is 0 Å². The number of H-pyrrole nitrogens is 1. The highest BCUT2D eigenvalue weighted by Gasteiger charge is 2.45. The molecule has 1 aromatic rings. The SMILES string of the molecule is CC1C(=O)N(C(C)c2nn[nH]n2)C(=O)C1C. The number of tetrazole rings is 1. The molecule has 1 aromatic heterocycles. The second-order valence-corrected chi connectivity index (χ2v) is 4.07. The molecular weight excluding hydrogens is 210 g/mol. The monoisotopic (exact) mass is 223 g/mol. The maximum atomic E-state index is 11.9. The zero-order valence-electron chi connectivity index (χ0n) is 9.34. The number of carbonyl (C=O) groups is 2. The van der Waals surface area contributed by atoms with Gasteiger partial charge in [-0.3, -0.25) is 14.5 Å². The molecule has 3 unspecified atom stereocenters. The van der Waals surface area contributed by atoms with Crippen LogP contribution in [-0.2, 0) is 9.59 Å². The molecule has 86 valence electrons. The van der Waals surface area contributed by atoms with Crippen LogP contribution in [-0.4, -0.2) is 37.3 Å². The van der Waals surface area contributed by atoms with E-state index in [2.05, 4.69) is 20.6 Å². The number of nitrogens with zero attached hydrogens (tertiary/aromatic N) is 4. The van der Waals surface area contributed by atoms with Gasteiger partial charge < -0.3 is 0 Å². The number of aromatic nitrogens is 4. The molecule has 1 aliphatic rings. The third-order valence-corrected chi connectivity index (χ3v) is 3.13. The van der Waals surface area contributed by atoms with Crippen LogP contribution in [0.5, 0.6) is 0 Å². The van der Waals surface area contributed by atoms with Gasteiger partial charge in [-0.05, 0) is 6.92 Å². The van der Waals surface area contributed by atoms with Crippen molar-refractivity contribution in [2.24, 2.45) is 11.8 Å². The van der Waals surface area contributed by atoms with E-state index in [-0.39, 0.29) is 23.7 Å². The van der Waals surface area contributed by atoms with Crippen LogP contribution in [0.25, 0.3) is 0 Å². The summed E-state index contributed by atoms with van der Waals surface area (Å²) in [5.41, 5.74) is 0. The molecule has 16 heavy (non-hydrogen) atoms. The van der Waals surface area contributed by atoms with Gasteiger partial charge in [0.25, 0.3) is 0 Å². The number of aromatic amines is 1. The summed E-state index contributed by atoms with van der Waals surface area (Å²) in [5, 5.41) is 13.3. The Balaban J connectivity index is 2.28. The zero-order valence-corrected chi connectivity index (χ0v) is 9.34. The molecule has 0 bridgehead atoms. The number of amides is 2. The Kier molecular flexibility index (Phi) is 2.45. The molecule has 3 atom stereocenters. The average molecular weight is 223 g/mol. The fraction of sp³-hybridized carbons (Fsp3) is 0.667. The molecule has 2 rings (SSSR count). The van der Waals surface area contributed by atoms with E-state index in [0.717, 1.165) is 0 Å². The molecule has 0 radical (unpaired) electrons. The third kappa shape index (κ3) is 1.39. The molecular formula is C9H13N5O2. The van der Waals surface area contributed by atoms with E-state index >= 15 is 0 Å². The van der Waals surface area contributed by atoms with E-state index in [9.17, 15) is 9.59 Å². The van der Waals surface area contributed by atoms with Gasteiger partial charge in [-0.2, -0.15) is 5.21 Å². The van der Waals surface area contributed by atoms with Crippen LogP contribution in [0.1, 0.15) is 32.6 Å². The normalized spacial score (nSPS) is 27.6. The number of carbonyl (C=O) groups excluding carboxylic acids is 2. The van der Waals surface area contributed by atoms with E-state index in [1.165, 1.54) is 4.90 Å². The summed E-state index contributed by atoms with van der Waals surface area (Å²) in [5.74, 6) is -0.545. The van der Waals surface area contributed by atoms with Crippen molar-refractivity contribution < 1.29 is 9.59 Å². The first-order valence-corrected chi connectivity index (χ1v) is 5.14. The summed E-state index contributed by atoms with van der Waals surface area (Å²) in [6.45, 7) is 5.23. The van der Waals surface area contributed by atoms with Gasteiger partial charge in [-0.25, -0.2) is 0 Å². The summed E-state index contributed by atoms with van der Waals surface area (Å²) in [4.78, 5) is 25.0. The minimum atomic E-state index is -0.467. The van der Waals surface area contributed by atoms with E-state index in [4.69, 9.17) is 0 Å².